The third-order valence-electron chi connectivity index (χ3n) is 3.90. The number of β-amino-alcohol motifs (C(OH)–C–C–N with tert-alkyl or cyclic N) is 1. The zero-order valence-electron chi connectivity index (χ0n) is 10.6. The quantitative estimate of drug-likeness (QED) is 0.790. The van der Waals surface area contributed by atoms with Gasteiger partial charge in [0, 0.05) is 32.2 Å². The molecule has 1 N–H and O–H groups in total. The average molecular weight is 227 g/mol. The molecule has 2 rings (SSSR count). The lowest BCUT2D eigenvalue weighted by Gasteiger charge is -2.36. The number of ether oxygens (including phenoxy) is 1. The molecule has 4 atom stereocenters. The van der Waals surface area contributed by atoms with E-state index < -0.39 is 0 Å². The molecule has 4 unspecified atom stereocenters. The van der Waals surface area contributed by atoms with Crippen LogP contribution in [-0.2, 0) is 4.74 Å². The predicted octanol–water partition coefficient (Wildman–Crippen LogP) is 1.36. The Kier molecular flexibility index (Phi) is 4.22. The summed E-state index contributed by atoms with van der Waals surface area (Å²) in [5, 5.41) is 10.2. The number of hydrogen-bond acceptors (Lipinski definition) is 3. The van der Waals surface area contributed by atoms with Gasteiger partial charge in [-0.1, -0.05) is 13.8 Å². The molecule has 2 heterocycles. The van der Waals surface area contributed by atoms with Crippen molar-refractivity contribution in [3.05, 3.63) is 0 Å². The topological polar surface area (TPSA) is 32.7 Å². The fraction of sp³-hybridized carbons (Fsp3) is 1.00. The zero-order chi connectivity index (χ0) is 11.5. The molecule has 0 bridgehead atoms. The molecule has 2 aliphatic rings. The van der Waals surface area contributed by atoms with Crippen LogP contribution < -0.4 is 0 Å². The van der Waals surface area contributed by atoms with Gasteiger partial charge in [0.25, 0.3) is 0 Å². The fourth-order valence-electron chi connectivity index (χ4n) is 3.21. The summed E-state index contributed by atoms with van der Waals surface area (Å²) in [4.78, 5) is 2.43. The molecule has 0 spiro atoms. The van der Waals surface area contributed by atoms with Gasteiger partial charge in [0.05, 0.1) is 12.7 Å². The number of piperidine rings is 1. The van der Waals surface area contributed by atoms with Gasteiger partial charge in [-0.15, -0.1) is 0 Å². The lowest BCUT2D eigenvalue weighted by molar-refractivity contribution is 0.0332. The van der Waals surface area contributed by atoms with E-state index in [0.29, 0.717) is 5.92 Å². The van der Waals surface area contributed by atoms with Crippen LogP contribution in [0.5, 0.6) is 0 Å². The highest BCUT2D eigenvalue weighted by Crippen LogP contribution is 2.23. The monoisotopic (exact) mass is 227 g/mol. The first-order valence-corrected chi connectivity index (χ1v) is 6.63. The number of nitrogens with zero attached hydrogens (tertiary/aromatic N) is 1. The standard InChI is InChI=1S/C13H25NO2/c1-10-5-11(2)7-14(6-10)8-13(15)12-3-4-16-9-12/h10-13,15H,3-9H2,1-2H3. The van der Waals surface area contributed by atoms with E-state index in [-0.39, 0.29) is 6.10 Å². The van der Waals surface area contributed by atoms with Crippen LogP contribution in [0.4, 0.5) is 0 Å². The molecular weight excluding hydrogens is 202 g/mol. The average Bonchev–Trinajstić information content (AvgIpc) is 2.68. The molecule has 16 heavy (non-hydrogen) atoms. The van der Waals surface area contributed by atoms with Crippen molar-refractivity contribution in [2.45, 2.75) is 32.8 Å². The summed E-state index contributed by atoms with van der Waals surface area (Å²) in [5.74, 6) is 1.92. The number of aliphatic hydroxyl groups is 1. The predicted molar refractivity (Wildman–Crippen MR) is 64.3 cm³/mol. The van der Waals surface area contributed by atoms with Gasteiger partial charge in [0.2, 0.25) is 0 Å². The minimum absolute atomic E-state index is 0.194. The highest BCUT2D eigenvalue weighted by molar-refractivity contribution is 4.80. The Morgan fingerprint density at radius 3 is 2.56 bits per heavy atom. The Bertz CT molecular complexity index is 206. The third-order valence-corrected chi connectivity index (χ3v) is 3.90. The van der Waals surface area contributed by atoms with Gasteiger partial charge in [0.15, 0.2) is 0 Å². The van der Waals surface area contributed by atoms with Gasteiger partial charge < -0.3 is 14.7 Å². The van der Waals surface area contributed by atoms with E-state index in [1.54, 1.807) is 0 Å². The molecule has 0 amide bonds. The van der Waals surface area contributed by atoms with Gasteiger partial charge in [-0.25, -0.2) is 0 Å². The summed E-state index contributed by atoms with van der Waals surface area (Å²) in [6.07, 6.45) is 2.17. The van der Waals surface area contributed by atoms with Crippen molar-refractivity contribution < 1.29 is 9.84 Å². The summed E-state index contributed by atoms with van der Waals surface area (Å²) in [7, 11) is 0. The van der Waals surface area contributed by atoms with Crippen LogP contribution in [0.2, 0.25) is 0 Å². The Balaban J connectivity index is 1.79. The Morgan fingerprint density at radius 1 is 1.31 bits per heavy atom. The van der Waals surface area contributed by atoms with Crippen molar-refractivity contribution in [1.29, 1.82) is 0 Å². The van der Waals surface area contributed by atoms with Crippen LogP contribution >= 0.6 is 0 Å². The molecule has 2 saturated heterocycles. The Hall–Kier alpha value is -0.120. The van der Waals surface area contributed by atoms with Crippen LogP contribution in [0.1, 0.15) is 26.7 Å². The molecule has 3 heteroatoms. The molecule has 94 valence electrons. The lowest BCUT2D eigenvalue weighted by atomic mass is 9.91. The first kappa shape index (κ1) is 12.3. The van der Waals surface area contributed by atoms with E-state index in [2.05, 4.69) is 18.7 Å². The molecular formula is C13H25NO2. The van der Waals surface area contributed by atoms with Gasteiger partial charge >= 0.3 is 0 Å². The fourth-order valence-corrected chi connectivity index (χ4v) is 3.21. The second kappa shape index (κ2) is 5.48. The van der Waals surface area contributed by atoms with Gasteiger partial charge in [-0.3, -0.25) is 0 Å². The van der Waals surface area contributed by atoms with Gasteiger partial charge in [-0.05, 0) is 24.7 Å². The van der Waals surface area contributed by atoms with Crippen LogP contribution in [0, 0.1) is 17.8 Å². The van der Waals surface area contributed by atoms with Gasteiger partial charge in [-0.2, -0.15) is 0 Å². The smallest absolute Gasteiger partial charge is 0.0718 e. The maximum atomic E-state index is 10.2. The minimum Gasteiger partial charge on any atom is -0.391 e. The minimum atomic E-state index is -0.194. The molecule has 2 aliphatic heterocycles. The van der Waals surface area contributed by atoms with Crippen LogP contribution in [-0.4, -0.2) is 49.0 Å². The number of likely N-dealkylation sites (tertiary alicyclic amines) is 1. The lowest BCUT2D eigenvalue weighted by Crippen LogP contribution is -2.44. The second-order valence-corrected chi connectivity index (χ2v) is 5.86. The SMILES string of the molecule is CC1CC(C)CN(CC(O)C2CCOC2)C1. The molecule has 3 nitrogen and oxygen atoms in total. The largest absolute Gasteiger partial charge is 0.391 e. The normalized spacial score (nSPS) is 38.8. The van der Waals surface area contributed by atoms with Crippen molar-refractivity contribution in [2.24, 2.45) is 17.8 Å². The molecule has 0 aromatic rings. The third kappa shape index (κ3) is 3.19. The summed E-state index contributed by atoms with van der Waals surface area (Å²) in [5.41, 5.74) is 0. The van der Waals surface area contributed by atoms with Crippen molar-refractivity contribution in [1.82, 2.24) is 4.90 Å². The summed E-state index contributed by atoms with van der Waals surface area (Å²) < 4.78 is 5.33. The summed E-state index contributed by atoms with van der Waals surface area (Å²) in [6.45, 7) is 9.34. The molecule has 0 radical (unpaired) electrons. The Morgan fingerprint density at radius 2 is 2.00 bits per heavy atom. The van der Waals surface area contributed by atoms with E-state index in [0.717, 1.165) is 51.1 Å². The van der Waals surface area contributed by atoms with Crippen molar-refractivity contribution in [3.63, 3.8) is 0 Å². The molecule has 0 aromatic heterocycles. The van der Waals surface area contributed by atoms with Crippen molar-refractivity contribution in [2.75, 3.05) is 32.8 Å². The van der Waals surface area contributed by atoms with E-state index in [1.165, 1.54) is 6.42 Å². The van der Waals surface area contributed by atoms with E-state index in [1.807, 2.05) is 0 Å². The molecule has 0 aliphatic carbocycles. The number of aliphatic hydroxyl groups excluding tert-OH is 1. The molecule has 0 aromatic carbocycles. The van der Waals surface area contributed by atoms with E-state index >= 15 is 0 Å². The van der Waals surface area contributed by atoms with Crippen LogP contribution in [0.15, 0.2) is 0 Å². The van der Waals surface area contributed by atoms with Crippen LogP contribution in [0.3, 0.4) is 0 Å². The van der Waals surface area contributed by atoms with E-state index in [9.17, 15) is 5.11 Å². The highest BCUT2D eigenvalue weighted by Gasteiger charge is 2.28. The summed E-state index contributed by atoms with van der Waals surface area (Å²) in [6, 6.07) is 0. The Labute approximate surface area is 98.8 Å². The molecule has 2 fully saturated rings. The first-order chi connectivity index (χ1) is 7.65. The number of hydrogen-bond donors (Lipinski definition) is 1. The van der Waals surface area contributed by atoms with E-state index in [4.69, 9.17) is 4.74 Å². The molecule has 0 saturated carbocycles. The van der Waals surface area contributed by atoms with Crippen molar-refractivity contribution >= 4 is 0 Å². The summed E-state index contributed by atoms with van der Waals surface area (Å²) >= 11 is 0. The highest BCUT2D eigenvalue weighted by atomic mass is 16.5. The number of rotatable bonds is 3. The van der Waals surface area contributed by atoms with Crippen molar-refractivity contribution in [3.8, 4) is 0 Å². The van der Waals surface area contributed by atoms with Gasteiger partial charge in [0.1, 0.15) is 0 Å². The van der Waals surface area contributed by atoms with Crippen LogP contribution in [0.25, 0.3) is 0 Å². The maximum absolute atomic E-state index is 10.2. The second-order valence-electron chi connectivity index (χ2n) is 5.86. The first-order valence-electron chi connectivity index (χ1n) is 6.63. The zero-order valence-corrected chi connectivity index (χ0v) is 10.6. The maximum Gasteiger partial charge on any atom is 0.0718 e.